The number of aromatic nitrogens is 1. The van der Waals surface area contributed by atoms with Crippen molar-refractivity contribution in [3.8, 4) is 11.3 Å². The van der Waals surface area contributed by atoms with Gasteiger partial charge in [0.05, 0.1) is 0 Å². The minimum Gasteiger partial charge on any atom is -0.338 e. The minimum absolute atomic E-state index is 0. The lowest BCUT2D eigenvalue weighted by Gasteiger charge is -2.38. The minimum atomic E-state index is -0.311. The smallest absolute Gasteiger partial charge is 0.261 e. The highest BCUT2D eigenvalue weighted by Crippen LogP contribution is 2.37. The molecular formula is C20H24ClN3O2. The summed E-state index contributed by atoms with van der Waals surface area (Å²) in [4.78, 5) is 29.9. The van der Waals surface area contributed by atoms with E-state index in [0.717, 1.165) is 50.3 Å². The molecule has 26 heavy (non-hydrogen) atoms. The van der Waals surface area contributed by atoms with Gasteiger partial charge in [0, 0.05) is 25.3 Å². The van der Waals surface area contributed by atoms with Crippen LogP contribution in [0.2, 0.25) is 0 Å². The second kappa shape index (κ2) is 7.64. The molecule has 1 spiro atoms. The van der Waals surface area contributed by atoms with Gasteiger partial charge in [0.1, 0.15) is 5.56 Å². The van der Waals surface area contributed by atoms with Crippen LogP contribution in [0.5, 0.6) is 0 Å². The number of H-pyrrole nitrogens is 1. The number of carbonyl (C=O) groups excluding carboxylic acids is 1. The van der Waals surface area contributed by atoms with Crippen LogP contribution < -0.4 is 10.9 Å². The third kappa shape index (κ3) is 3.55. The lowest BCUT2D eigenvalue weighted by atomic mass is 9.78. The lowest BCUT2D eigenvalue weighted by Crippen LogP contribution is -2.45. The molecule has 4 rings (SSSR count). The van der Waals surface area contributed by atoms with Gasteiger partial charge in [0.2, 0.25) is 0 Å². The number of hydrogen-bond donors (Lipinski definition) is 2. The molecule has 2 fully saturated rings. The molecule has 3 heterocycles. The number of rotatable bonds is 2. The Balaban J connectivity index is 0.00000196. The molecule has 0 radical (unpaired) electrons. The SMILES string of the molecule is Cl.O=C(c1ccc(-c2ccccc2)[nH]c1=O)N1CCC2(CCNC2)CC1. The molecule has 0 unspecified atom stereocenters. The van der Waals surface area contributed by atoms with E-state index < -0.39 is 0 Å². The summed E-state index contributed by atoms with van der Waals surface area (Å²) in [7, 11) is 0. The fourth-order valence-corrected chi connectivity index (χ4v) is 4.00. The molecule has 2 aliphatic heterocycles. The van der Waals surface area contributed by atoms with Crippen molar-refractivity contribution in [2.45, 2.75) is 19.3 Å². The number of piperidine rings is 1. The number of carbonyl (C=O) groups is 1. The summed E-state index contributed by atoms with van der Waals surface area (Å²) in [5, 5.41) is 3.43. The number of nitrogens with zero attached hydrogens (tertiary/aromatic N) is 1. The van der Waals surface area contributed by atoms with Gasteiger partial charge in [-0.05, 0) is 48.9 Å². The average Bonchev–Trinajstić information content (AvgIpc) is 3.10. The van der Waals surface area contributed by atoms with E-state index in [1.807, 2.05) is 41.3 Å². The maximum absolute atomic E-state index is 12.8. The molecule has 138 valence electrons. The topological polar surface area (TPSA) is 65.2 Å². The van der Waals surface area contributed by atoms with Crippen molar-refractivity contribution < 1.29 is 4.79 Å². The molecule has 6 heteroatoms. The Morgan fingerprint density at radius 1 is 1.00 bits per heavy atom. The number of amides is 1. The zero-order chi connectivity index (χ0) is 17.3. The van der Waals surface area contributed by atoms with Crippen molar-refractivity contribution in [1.82, 2.24) is 15.2 Å². The Kier molecular flexibility index (Phi) is 5.49. The molecule has 1 aromatic heterocycles. The van der Waals surface area contributed by atoms with E-state index >= 15 is 0 Å². The molecular weight excluding hydrogens is 350 g/mol. The van der Waals surface area contributed by atoms with Gasteiger partial charge in [-0.2, -0.15) is 0 Å². The van der Waals surface area contributed by atoms with Crippen molar-refractivity contribution in [3.05, 3.63) is 58.4 Å². The number of benzene rings is 1. The molecule has 0 saturated carbocycles. The third-order valence-corrected chi connectivity index (χ3v) is 5.67. The first-order chi connectivity index (χ1) is 12.2. The number of likely N-dealkylation sites (tertiary alicyclic amines) is 1. The van der Waals surface area contributed by atoms with E-state index in [1.165, 1.54) is 6.42 Å². The average molecular weight is 374 g/mol. The molecule has 2 saturated heterocycles. The van der Waals surface area contributed by atoms with Gasteiger partial charge >= 0.3 is 0 Å². The van der Waals surface area contributed by atoms with Gasteiger partial charge in [-0.25, -0.2) is 0 Å². The van der Waals surface area contributed by atoms with Crippen molar-refractivity contribution in [2.75, 3.05) is 26.2 Å². The molecule has 0 aliphatic carbocycles. The Hall–Kier alpha value is -2.11. The molecule has 2 N–H and O–H groups in total. The van der Waals surface area contributed by atoms with Crippen LogP contribution in [0.15, 0.2) is 47.3 Å². The summed E-state index contributed by atoms with van der Waals surface area (Å²) in [5.74, 6) is -0.151. The van der Waals surface area contributed by atoms with Crippen LogP contribution in [0.25, 0.3) is 11.3 Å². The standard InChI is InChI=1S/C20H23N3O2.ClH/c24-18-16(6-7-17(22-18)15-4-2-1-3-5-15)19(25)23-12-9-20(10-13-23)8-11-21-14-20;/h1-7,21H,8-14H2,(H,22,24);1H. The predicted octanol–water partition coefficient (Wildman–Crippen LogP) is 2.68. The molecule has 5 nitrogen and oxygen atoms in total. The number of pyridine rings is 1. The highest BCUT2D eigenvalue weighted by Gasteiger charge is 2.38. The van der Waals surface area contributed by atoms with E-state index in [4.69, 9.17) is 0 Å². The summed E-state index contributed by atoms with van der Waals surface area (Å²) in [6.45, 7) is 3.61. The maximum atomic E-state index is 12.8. The monoisotopic (exact) mass is 373 g/mol. The number of nitrogens with one attached hydrogen (secondary N) is 2. The van der Waals surface area contributed by atoms with E-state index in [1.54, 1.807) is 6.07 Å². The van der Waals surface area contributed by atoms with Crippen LogP contribution in [-0.2, 0) is 0 Å². The third-order valence-electron chi connectivity index (χ3n) is 5.67. The van der Waals surface area contributed by atoms with E-state index in [-0.39, 0.29) is 29.4 Å². The zero-order valence-electron chi connectivity index (χ0n) is 14.7. The summed E-state index contributed by atoms with van der Waals surface area (Å²) in [5.41, 5.74) is 1.96. The van der Waals surface area contributed by atoms with Crippen molar-refractivity contribution in [2.24, 2.45) is 5.41 Å². The summed E-state index contributed by atoms with van der Waals surface area (Å²) < 4.78 is 0. The number of halogens is 1. The van der Waals surface area contributed by atoms with Gasteiger partial charge in [0.25, 0.3) is 11.5 Å². The predicted molar refractivity (Wildman–Crippen MR) is 105 cm³/mol. The fraction of sp³-hybridized carbons (Fsp3) is 0.400. The Labute approximate surface area is 159 Å². The molecule has 1 amide bonds. The molecule has 0 bridgehead atoms. The van der Waals surface area contributed by atoms with E-state index in [0.29, 0.717) is 5.41 Å². The van der Waals surface area contributed by atoms with Gasteiger partial charge < -0.3 is 15.2 Å². The molecule has 2 aromatic rings. The largest absolute Gasteiger partial charge is 0.338 e. The first-order valence-corrected chi connectivity index (χ1v) is 8.96. The quantitative estimate of drug-likeness (QED) is 0.850. The summed E-state index contributed by atoms with van der Waals surface area (Å²) >= 11 is 0. The maximum Gasteiger partial charge on any atom is 0.261 e. The van der Waals surface area contributed by atoms with E-state index in [2.05, 4.69) is 10.3 Å². The second-order valence-corrected chi connectivity index (χ2v) is 7.20. The lowest BCUT2D eigenvalue weighted by molar-refractivity contribution is 0.0606. The highest BCUT2D eigenvalue weighted by atomic mass is 35.5. The molecule has 1 aromatic carbocycles. The summed E-state index contributed by atoms with van der Waals surface area (Å²) in [6.07, 6.45) is 3.23. The van der Waals surface area contributed by atoms with Crippen LogP contribution in [0.4, 0.5) is 0 Å². The van der Waals surface area contributed by atoms with E-state index in [9.17, 15) is 9.59 Å². The van der Waals surface area contributed by atoms with Crippen LogP contribution in [-0.4, -0.2) is 42.0 Å². The van der Waals surface area contributed by atoms with Crippen LogP contribution in [0.1, 0.15) is 29.6 Å². The van der Waals surface area contributed by atoms with Crippen LogP contribution in [0.3, 0.4) is 0 Å². The van der Waals surface area contributed by atoms with Gasteiger partial charge in [0.15, 0.2) is 0 Å². The normalized spacial score (nSPS) is 18.5. The van der Waals surface area contributed by atoms with Gasteiger partial charge in [-0.1, -0.05) is 30.3 Å². The first kappa shape index (κ1) is 18.7. The number of aromatic amines is 1. The van der Waals surface area contributed by atoms with Gasteiger partial charge in [-0.15, -0.1) is 12.4 Å². The zero-order valence-corrected chi connectivity index (χ0v) is 15.5. The Bertz CT molecular complexity index is 818. The molecule has 0 atom stereocenters. The fourth-order valence-electron chi connectivity index (χ4n) is 4.00. The second-order valence-electron chi connectivity index (χ2n) is 7.20. The highest BCUT2D eigenvalue weighted by molar-refractivity contribution is 5.94. The first-order valence-electron chi connectivity index (χ1n) is 8.96. The van der Waals surface area contributed by atoms with Crippen LogP contribution >= 0.6 is 12.4 Å². The van der Waals surface area contributed by atoms with Crippen molar-refractivity contribution in [3.63, 3.8) is 0 Å². The van der Waals surface area contributed by atoms with Crippen LogP contribution in [0, 0.1) is 5.41 Å². The number of hydrogen-bond acceptors (Lipinski definition) is 3. The summed E-state index contributed by atoms with van der Waals surface area (Å²) in [6, 6.07) is 13.1. The Morgan fingerprint density at radius 3 is 2.35 bits per heavy atom. The van der Waals surface area contributed by atoms with Crippen molar-refractivity contribution >= 4 is 18.3 Å². The van der Waals surface area contributed by atoms with Crippen molar-refractivity contribution in [1.29, 1.82) is 0 Å². The van der Waals surface area contributed by atoms with Gasteiger partial charge in [-0.3, -0.25) is 9.59 Å². The Morgan fingerprint density at radius 2 is 1.73 bits per heavy atom. The molecule has 2 aliphatic rings.